The lowest BCUT2D eigenvalue weighted by Gasteiger charge is -2.18. The van der Waals surface area contributed by atoms with Gasteiger partial charge in [0.15, 0.2) is 0 Å². The van der Waals surface area contributed by atoms with Gasteiger partial charge in [0.25, 0.3) is 5.91 Å². The minimum atomic E-state index is -0.702. The first-order chi connectivity index (χ1) is 12.3. The van der Waals surface area contributed by atoms with Crippen LogP contribution in [0.5, 0.6) is 0 Å². The highest BCUT2D eigenvalue weighted by molar-refractivity contribution is 6.02. The number of carbonyl (C=O) groups is 4. The van der Waals surface area contributed by atoms with E-state index in [1.165, 1.54) is 12.0 Å². The minimum Gasteiger partial charge on any atom is -0.467 e. The number of amides is 3. The molecule has 1 saturated heterocycles. The molecule has 0 radical (unpaired) electrons. The van der Waals surface area contributed by atoms with Crippen molar-refractivity contribution in [3.8, 4) is 0 Å². The number of nitrogens with one attached hydrogen (secondary N) is 1. The lowest BCUT2D eigenvalue weighted by atomic mass is 10.0. The predicted octanol–water partition coefficient (Wildman–Crippen LogP) is 1.65. The highest BCUT2D eigenvalue weighted by atomic mass is 16.5. The Balaban J connectivity index is 2.02. The fourth-order valence-electron chi connectivity index (χ4n) is 2.81. The van der Waals surface area contributed by atoms with Crippen molar-refractivity contribution in [3.05, 3.63) is 35.4 Å². The maximum atomic E-state index is 12.4. The fraction of sp³-hybridized carbons (Fsp3) is 0.474. The SMILES string of the molecule is COC(=O)C(CC(C)C)NC(=O)c1ccc(CN2C(=O)CCC2=O)cc1. The van der Waals surface area contributed by atoms with Crippen molar-refractivity contribution in [1.82, 2.24) is 10.2 Å². The highest BCUT2D eigenvalue weighted by Gasteiger charge is 2.28. The van der Waals surface area contributed by atoms with Crippen molar-refractivity contribution >= 4 is 23.7 Å². The summed E-state index contributed by atoms with van der Waals surface area (Å²) in [7, 11) is 1.29. The van der Waals surface area contributed by atoms with E-state index in [0.717, 1.165) is 5.56 Å². The summed E-state index contributed by atoms with van der Waals surface area (Å²) in [6, 6.07) is 5.91. The van der Waals surface area contributed by atoms with E-state index in [-0.39, 0.29) is 43.0 Å². The number of imide groups is 1. The summed E-state index contributed by atoms with van der Waals surface area (Å²) in [5, 5.41) is 2.69. The van der Waals surface area contributed by atoms with Gasteiger partial charge in [0.2, 0.25) is 11.8 Å². The Bertz CT molecular complexity index is 680. The van der Waals surface area contributed by atoms with E-state index in [4.69, 9.17) is 4.74 Å². The molecule has 3 amide bonds. The maximum Gasteiger partial charge on any atom is 0.328 e. The molecule has 1 aromatic rings. The third kappa shape index (κ3) is 4.91. The monoisotopic (exact) mass is 360 g/mol. The van der Waals surface area contributed by atoms with Crippen LogP contribution in [0.3, 0.4) is 0 Å². The lowest BCUT2D eigenvalue weighted by molar-refractivity contribution is -0.143. The van der Waals surface area contributed by atoms with Crippen LogP contribution >= 0.6 is 0 Å². The van der Waals surface area contributed by atoms with Gasteiger partial charge in [0.05, 0.1) is 13.7 Å². The summed E-state index contributed by atoms with van der Waals surface area (Å²) in [5.74, 6) is -0.981. The topological polar surface area (TPSA) is 92.8 Å². The number of likely N-dealkylation sites (tertiary alicyclic amines) is 1. The van der Waals surface area contributed by atoms with E-state index in [1.807, 2.05) is 13.8 Å². The van der Waals surface area contributed by atoms with Crippen LogP contribution in [0.25, 0.3) is 0 Å². The smallest absolute Gasteiger partial charge is 0.328 e. The molecule has 1 N–H and O–H groups in total. The first kappa shape index (κ1) is 19.6. The van der Waals surface area contributed by atoms with Crippen LogP contribution in [0, 0.1) is 5.92 Å². The third-order valence-electron chi connectivity index (χ3n) is 4.21. The first-order valence-electron chi connectivity index (χ1n) is 8.62. The van der Waals surface area contributed by atoms with Gasteiger partial charge in [0, 0.05) is 18.4 Å². The van der Waals surface area contributed by atoms with Gasteiger partial charge in [0.1, 0.15) is 6.04 Å². The molecule has 26 heavy (non-hydrogen) atoms. The van der Waals surface area contributed by atoms with Gasteiger partial charge < -0.3 is 10.1 Å². The number of rotatable bonds is 7. The summed E-state index contributed by atoms with van der Waals surface area (Å²) in [4.78, 5) is 48.7. The van der Waals surface area contributed by atoms with Crippen LogP contribution in [-0.4, -0.2) is 41.7 Å². The molecule has 1 atom stereocenters. The summed E-state index contributed by atoms with van der Waals surface area (Å²) >= 11 is 0. The molecule has 1 heterocycles. The quantitative estimate of drug-likeness (QED) is 0.590. The van der Waals surface area contributed by atoms with Crippen molar-refractivity contribution in [2.45, 2.75) is 45.7 Å². The van der Waals surface area contributed by atoms with Gasteiger partial charge in [-0.15, -0.1) is 0 Å². The van der Waals surface area contributed by atoms with Crippen molar-refractivity contribution in [2.24, 2.45) is 5.92 Å². The second kappa shape index (κ2) is 8.60. The molecule has 1 aliphatic rings. The van der Waals surface area contributed by atoms with Gasteiger partial charge in [-0.2, -0.15) is 0 Å². The van der Waals surface area contributed by atoms with E-state index in [9.17, 15) is 19.2 Å². The Morgan fingerprint density at radius 1 is 1.12 bits per heavy atom. The largest absolute Gasteiger partial charge is 0.467 e. The zero-order valence-electron chi connectivity index (χ0n) is 15.3. The second-order valence-corrected chi connectivity index (χ2v) is 6.75. The molecule has 1 unspecified atom stereocenters. The van der Waals surface area contributed by atoms with Gasteiger partial charge in [-0.05, 0) is 30.0 Å². The van der Waals surface area contributed by atoms with Crippen LogP contribution in [0.15, 0.2) is 24.3 Å². The van der Waals surface area contributed by atoms with Crippen LogP contribution in [0.1, 0.15) is 49.0 Å². The number of hydrogen-bond acceptors (Lipinski definition) is 5. The van der Waals surface area contributed by atoms with Gasteiger partial charge >= 0.3 is 5.97 Å². The average molecular weight is 360 g/mol. The first-order valence-corrected chi connectivity index (χ1v) is 8.62. The standard InChI is InChI=1S/C19H24N2O5/c1-12(2)10-15(19(25)26-3)20-18(24)14-6-4-13(5-7-14)11-21-16(22)8-9-17(21)23/h4-7,12,15H,8-11H2,1-3H3,(H,20,24). The molecule has 7 heteroatoms. The van der Waals surface area contributed by atoms with Gasteiger partial charge in [-0.1, -0.05) is 26.0 Å². The average Bonchev–Trinajstić information content (AvgIpc) is 2.92. The summed E-state index contributed by atoms with van der Waals surface area (Å²) < 4.78 is 4.74. The number of esters is 1. The number of hydrogen-bond donors (Lipinski definition) is 1. The predicted molar refractivity (Wildman–Crippen MR) is 94.0 cm³/mol. The Labute approximate surface area is 152 Å². The summed E-state index contributed by atoms with van der Waals surface area (Å²) in [6.07, 6.45) is 0.990. The fourth-order valence-corrected chi connectivity index (χ4v) is 2.81. The van der Waals surface area contributed by atoms with Crippen LogP contribution in [-0.2, 0) is 25.7 Å². The summed E-state index contributed by atoms with van der Waals surface area (Å²) in [5.41, 5.74) is 1.15. The molecule has 0 saturated carbocycles. The second-order valence-electron chi connectivity index (χ2n) is 6.75. The van der Waals surface area contributed by atoms with E-state index < -0.39 is 12.0 Å². The number of benzene rings is 1. The molecular formula is C19H24N2O5. The zero-order chi connectivity index (χ0) is 19.3. The number of methoxy groups -OCH3 is 1. The van der Waals surface area contributed by atoms with Crippen molar-refractivity contribution in [2.75, 3.05) is 7.11 Å². The zero-order valence-corrected chi connectivity index (χ0v) is 15.3. The Kier molecular flexibility index (Phi) is 6.49. The molecule has 0 spiro atoms. The lowest BCUT2D eigenvalue weighted by Crippen LogP contribution is -2.42. The third-order valence-corrected chi connectivity index (χ3v) is 4.21. The van der Waals surface area contributed by atoms with Gasteiger partial charge in [-0.25, -0.2) is 4.79 Å². The van der Waals surface area contributed by atoms with E-state index in [0.29, 0.717) is 12.0 Å². The molecule has 7 nitrogen and oxygen atoms in total. The molecule has 1 fully saturated rings. The number of nitrogens with zero attached hydrogens (tertiary/aromatic N) is 1. The van der Waals surface area contributed by atoms with Crippen LogP contribution in [0.4, 0.5) is 0 Å². The van der Waals surface area contributed by atoms with Crippen LogP contribution < -0.4 is 5.32 Å². The number of carbonyl (C=O) groups excluding carboxylic acids is 4. The maximum absolute atomic E-state index is 12.4. The molecular weight excluding hydrogens is 336 g/mol. The molecule has 0 aromatic heterocycles. The van der Waals surface area contributed by atoms with E-state index in [2.05, 4.69) is 5.32 Å². The number of ether oxygens (including phenoxy) is 1. The minimum absolute atomic E-state index is 0.175. The van der Waals surface area contributed by atoms with Crippen molar-refractivity contribution in [1.29, 1.82) is 0 Å². The Morgan fingerprint density at radius 2 is 1.69 bits per heavy atom. The molecule has 0 bridgehead atoms. The highest BCUT2D eigenvalue weighted by Crippen LogP contribution is 2.16. The molecule has 2 rings (SSSR count). The van der Waals surface area contributed by atoms with Crippen LogP contribution in [0.2, 0.25) is 0 Å². The molecule has 1 aromatic carbocycles. The van der Waals surface area contributed by atoms with E-state index >= 15 is 0 Å². The molecule has 140 valence electrons. The van der Waals surface area contributed by atoms with Crippen molar-refractivity contribution in [3.63, 3.8) is 0 Å². The molecule has 1 aliphatic heterocycles. The summed E-state index contributed by atoms with van der Waals surface area (Å²) in [6.45, 7) is 4.12. The van der Waals surface area contributed by atoms with Gasteiger partial charge in [-0.3, -0.25) is 19.3 Å². The normalized spacial score (nSPS) is 15.3. The Morgan fingerprint density at radius 3 is 2.19 bits per heavy atom. The Hall–Kier alpha value is -2.70. The van der Waals surface area contributed by atoms with E-state index in [1.54, 1.807) is 24.3 Å². The van der Waals surface area contributed by atoms with Crippen molar-refractivity contribution < 1.29 is 23.9 Å². The molecule has 0 aliphatic carbocycles.